The first-order valence-corrected chi connectivity index (χ1v) is 9.97. The van der Waals surface area contributed by atoms with E-state index >= 15 is 0 Å². The SMILES string of the molecule is O=C(NC(c1cccnc1Cl)C1(O)CCC(F)(F)CC1)c1cccc(C(F)(F)F)c1Cl. The number of nitrogens with one attached hydrogen (secondary N) is 1. The molecule has 1 unspecified atom stereocenters. The van der Waals surface area contributed by atoms with Gasteiger partial charge in [-0.2, -0.15) is 13.2 Å². The van der Waals surface area contributed by atoms with Crippen LogP contribution >= 0.6 is 23.2 Å². The number of carbonyl (C=O) groups excluding carboxylic acids is 1. The Morgan fingerprint density at radius 2 is 1.74 bits per heavy atom. The summed E-state index contributed by atoms with van der Waals surface area (Å²) < 4.78 is 66.8. The van der Waals surface area contributed by atoms with Gasteiger partial charge in [0.25, 0.3) is 5.91 Å². The minimum atomic E-state index is -4.79. The molecule has 4 nitrogen and oxygen atoms in total. The van der Waals surface area contributed by atoms with Crippen LogP contribution in [-0.2, 0) is 6.18 Å². The Balaban J connectivity index is 1.99. The van der Waals surface area contributed by atoms with E-state index in [0.717, 1.165) is 18.2 Å². The van der Waals surface area contributed by atoms with Gasteiger partial charge >= 0.3 is 6.18 Å². The number of hydrogen-bond acceptors (Lipinski definition) is 3. The van der Waals surface area contributed by atoms with Crippen molar-refractivity contribution in [3.05, 3.63) is 63.4 Å². The average molecular weight is 483 g/mol. The summed E-state index contributed by atoms with van der Waals surface area (Å²) in [5.41, 5.74) is -3.36. The summed E-state index contributed by atoms with van der Waals surface area (Å²) in [6.07, 6.45) is -5.42. The predicted molar refractivity (Wildman–Crippen MR) is 104 cm³/mol. The molecule has 1 saturated carbocycles. The van der Waals surface area contributed by atoms with E-state index < -0.39 is 58.6 Å². The molecule has 11 heteroatoms. The van der Waals surface area contributed by atoms with Crippen LogP contribution < -0.4 is 5.32 Å². The van der Waals surface area contributed by atoms with Crippen LogP contribution in [0.3, 0.4) is 0 Å². The van der Waals surface area contributed by atoms with E-state index in [1.807, 2.05) is 0 Å². The Morgan fingerprint density at radius 1 is 1.10 bits per heavy atom. The van der Waals surface area contributed by atoms with Gasteiger partial charge < -0.3 is 10.4 Å². The number of pyridine rings is 1. The van der Waals surface area contributed by atoms with Gasteiger partial charge in [-0.05, 0) is 31.0 Å². The van der Waals surface area contributed by atoms with Crippen molar-refractivity contribution in [2.24, 2.45) is 0 Å². The normalized spacial score (nSPS) is 19.0. The zero-order chi connectivity index (χ0) is 23.0. The number of aliphatic hydroxyl groups is 1. The second-order valence-corrected chi connectivity index (χ2v) is 8.15. The molecule has 1 aromatic carbocycles. The predicted octanol–water partition coefficient (Wildman–Crippen LogP) is 5.82. The molecular formula is C20H17Cl2F5N2O2. The highest BCUT2D eigenvalue weighted by atomic mass is 35.5. The lowest BCUT2D eigenvalue weighted by molar-refractivity contribution is -0.137. The molecule has 1 heterocycles. The van der Waals surface area contributed by atoms with Crippen molar-refractivity contribution in [2.45, 2.75) is 49.4 Å². The number of alkyl halides is 5. The molecule has 2 N–H and O–H groups in total. The molecule has 1 aliphatic carbocycles. The number of aromatic nitrogens is 1. The van der Waals surface area contributed by atoms with E-state index in [4.69, 9.17) is 23.2 Å². The first kappa shape index (κ1) is 23.7. The topological polar surface area (TPSA) is 62.2 Å². The van der Waals surface area contributed by atoms with Crippen molar-refractivity contribution < 1.29 is 31.9 Å². The molecule has 3 rings (SSSR count). The molecule has 1 aromatic heterocycles. The minimum absolute atomic E-state index is 0.0892. The number of amides is 1. The molecule has 1 atom stereocenters. The highest BCUT2D eigenvalue weighted by Gasteiger charge is 2.48. The van der Waals surface area contributed by atoms with Crippen molar-refractivity contribution in [3.63, 3.8) is 0 Å². The van der Waals surface area contributed by atoms with Crippen LogP contribution in [0.5, 0.6) is 0 Å². The number of hydrogen-bond donors (Lipinski definition) is 2. The zero-order valence-electron chi connectivity index (χ0n) is 15.8. The number of rotatable bonds is 4. The summed E-state index contributed by atoms with van der Waals surface area (Å²) >= 11 is 11.9. The summed E-state index contributed by atoms with van der Waals surface area (Å²) in [5.74, 6) is -3.99. The maximum absolute atomic E-state index is 13.7. The summed E-state index contributed by atoms with van der Waals surface area (Å²) in [7, 11) is 0. The Hall–Kier alpha value is -1.97. The van der Waals surface area contributed by atoms with E-state index in [1.54, 1.807) is 0 Å². The number of nitrogens with zero attached hydrogens (tertiary/aromatic N) is 1. The molecule has 0 bridgehead atoms. The van der Waals surface area contributed by atoms with Crippen molar-refractivity contribution in [1.82, 2.24) is 10.3 Å². The first-order chi connectivity index (χ1) is 14.3. The molecule has 1 aliphatic rings. The van der Waals surface area contributed by atoms with Crippen LogP contribution in [0.1, 0.15) is 53.2 Å². The zero-order valence-corrected chi connectivity index (χ0v) is 17.3. The highest BCUT2D eigenvalue weighted by Crippen LogP contribution is 2.45. The molecule has 0 spiro atoms. The van der Waals surface area contributed by atoms with E-state index in [1.165, 1.54) is 18.3 Å². The van der Waals surface area contributed by atoms with Gasteiger partial charge in [0.15, 0.2) is 0 Å². The van der Waals surface area contributed by atoms with Crippen LogP contribution in [0.15, 0.2) is 36.5 Å². The highest BCUT2D eigenvalue weighted by molar-refractivity contribution is 6.34. The molecule has 0 saturated heterocycles. The lowest BCUT2D eigenvalue weighted by Crippen LogP contribution is -2.50. The van der Waals surface area contributed by atoms with Crippen LogP contribution in [0.4, 0.5) is 22.0 Å². The monoisotopic (exact) mass is 482 g/mol. The fourth-order valence-electron chi connectivity index (χ4n) is 3.59. The lowest BCUT2D eigenvalue weighted by atomic mass is 9.75. The van der Waals surface area contributed by atoms with Gasteiger partial charge in [-0.3, -0.25) is 4.79 Å². The van der Waals surface area contributed by atoms with E-state index in [2.05, 4.69) is 10.3 Å². The molecule has 0 aliphatic heterocycles. The number of halogens is 7. The van der Waals surface area contributed by atoms with Gasteiger partial charge in [0.1, 0.15) is 5.15 Å². The maximum Gasteiger partial charge on any atom is 0.417 e. The lowest BCUT2D eigenvalue weighted by Gasteiger charge is -2.42. The molecule has 1 fully saturated rings. The summed E-state index contributed by atoms with van der Waals surface area (Å²) in [6.45, 7) is 0. The quantitative estimate of drug-likeness (QED) is 0.426. The third-order valence-corrected chi connectivity index (χ3v) is 6.03. The maximum atomic E-state index is 13.7. The van der Waals surface area contributed by atoms with E-state index in [9.17, 15) is 31.9 Å². The van der Waals surface area contributed by atoms with Crippen LogP contribution in [0.2, 0.25) is 10.2 Å². The van der Waals surface area contributed by atoms with Crippen molar-refractivity contribution >= 4 is 29.1 Å². The standard InChI is InChI=1S/C20H17Cl2F5N2O2/c21-14-11(3-1-5-13(14)20(25,26)27)17(30)29-15(12-4-2-10-28-16(12)22)18(31)6-8-19(23,24)9-7-18/h1-5,10,15,31H,6-9H2,(H,29,30). The molecular weight excluding hydrogens is 466 g/mol. The molecule has 168 valence electrons. The van der Waals surface area contributed by atoms with Crippen LogP contribution in [0.25, 0.3) is 0 Å². The van der Waals surface area contributed by atoms with Gasteiger partial charge in [0, 0.05) is 24.6 Å². The molecule has 31 heavy (non-hydrogen) atoms. The number of benzene rings is 1. The Kier molecular flexibility index (Phi) is 6.51. The van der Waals surface area contributed by atoms with Gasteiger partial charge in [-0.15, -0.1) is 0 Å². The molecule has 1 amide bonds. The first-order valence-electron chi connectivity index (χ1n) is 9.21. The Bertz CT molecular complexity index is 974. The summed E-state index contributed by atoms with van der Waals surface area (Å²) in [5, 5.41) is 12.7. The Morgan fingerprint density at radius 3 is 2.32 bits per heavy atom. The number of carbonyl (C=O) groups is 1. The third kappa shape index (κ3) is 5.10. The van der Waals surface area contributed by atoms with E-state index in [0.29, 0.717) is 0 Å². The summed E-state index contributed by atoms with van der Waals surface area (Å²) in [4.78, 5) is 16.7. The van der Waals surface area contributed by atoms with Gasteiger partial charge in [0.2, 0.25) is 5.92 Å². The fraction of sp³-hybridized carbons (Fsp3) is 0.400. The van der Waals surface area contributed by atoms with Crippen molar-refractivity contribution in [3.8, 4) is 0 Å². The summed E-state index contributed by atoms with van der Waals surface area (Å²) in [6, 6.07) is 4.45. The van der Waals surface area contributed by atoms with Gasteiger partial charge in [-0.25, -0.2) is 13.8 Å². The second-order valence-electron chi connectivity index (χ2n) is 7.41. The molecule has 0 radical (unpaired) electrons. The minimum Gasteiger partial charge on any atom is -0.387 e. The van der Waals surface area contributed by atoms with Gasteiger partial charge in [-0.1, -0.05) is 35.3 Å². The van der Waals surface area contributed by atoms with Crippen LogP contribution in [-0.4, -0.2) is 27.5 Å². The second kappa shape index (κ2) is 8.52. The molecule has 2 aromatic rings. The van der Waals surface area contributed by atoms with Gasteiger partial charge in [0.05, 0.1) is 27.8 Å². The largest absolute Gasteiger partial charge is 0.417 e. The van der Waals surface area contributed by atoms with Crippen molar-refractivity contribution in [2.75, 3.05) is 0 Å². The van der Waals surface area contributed by atoms with Crippen LogP contribution in [0, 0.1) is 0 Å². The fourth-order valence-corrected chi connectivity index (χ4v) is 4.14. The third-order valence-electron chi connectivity index (χ3n) is 5.31. The van der Waals surface area contributed by atoms with E-state index in [-0.39, 0.29) is 23.6 Å². The smallest absolute Gasteiger partial charge is 0.387 e. The van der Waals surface area contributed by atoms with Crippen molar-refractivity contribution in [1.29, 1.82) is 0 Å². The average Bonchev–Trinajstić information content (AvgIpc) is 2.68. The Labute approximate surface area is 184 Å².